The molecule has 0 aliphatic carbocycles. The van der Waals surface area contributed by atoms with Crippen LogP contribution < -0.4 is 5.32 Å². The van der Waals surface area contributed by atoms with Gasteiger partial charge in [-0.3, -0.25) is 0 Å². The van der Waals surface area contributed by atoms with Crippen LogP contribution in [0.5, 0.6) is 0 Å². The third kappa shape index (κ3) is 1.99. The molecule has 1 heterocycles. The predicted octanol–water partition coefficient (Wildman–Crippen LogP) is 2.08. The summed E-state index contributed by atoms with van der Waals surface area (Å²) in [6, 6.07) is 4.46. The molecule has 0 aromatic carbocycles. The lowest BCUT2D eigenvalue weighted by Gasteiger charge is -2.12. The molecule has 0 amide bonds. The van der Waals surface area contributed by atoms with Gasteiger partial charge in [0.05, 0.1) is 0 Å². The molecular weight excluding hydrogens is 168 g/mol. The molecule has 0 aliphatic heterocycles. The number of aromatic nitrogens is 1. The van der Waals surface area contributed by atoms with Gasteiger partial charge in [-0.15, -0.1) is 11.8 Å². The van der Waals surface area contributed by atoms with Crippen molar-refractivity contribution in [2.75, 3.05) is 13.3 Å². The Hall–Kier alpha value is -0.540. The fourth-order valence-corrected chi connectivity index (χ4v) is 1.71. The average Bonchev–Trinajstić information content (AvgIpc) is 2.16. The molecule has 0 spiro atoms. The van der Waals surface area contributed by atoms with Gasteiger partial charge < -0.3 is 5.32 Å². The Balaban J connectivity index is 2.96. The minimum Gasteiger partial charge on any atom is -0.313 e. The number of nitrogens with zero attached hydrogens (tertiary/aromatic N) is 1. The molecule has 0 radical (unpaired) electrons. The first-order valence-corrected chi connectivity index (χ1v) is 5.18. The van der Waals surface area contributed by atoms with Gasteiger partial charge in [0.25, 0.3) is 0 Å². The summed E-state index contributed by atoms with van der Waals surface area (Å²) in [5.41, 5.74) is 1.27. The van der Waals surface area contributed by atoms with Crippen LogP contribution in [0.25, 0.3) is 0 Å². The van der Waals surface area contributed by atoms with Crippen molar-refractivity contribution in [1.82, 2.24) is 10.3 Å². The van der Waals surface area contributed by atoms with Crippen LogP contribution in [0.3, 0.4) is 0 Å². The van der Waals surface area contributed by atoms with Gasteiger partial charge in [-0.2, -0.15) is 0 Å². The van der Waals surface area contributed by atoms with Crippen LogP contribution in [0, 0.1) is 0 Å². The van der Waals surface area contributed by atoms with Crippen LogP contribution >= 0.6 is 11.8 Å². The van der Waals surface area contributed by atoms with Gasteiger partial charge in [0.2, 0.25) is 0 Å². The standard InChI is InChI=1S/C9H14N2S/c1-7(10-2)8-5-4-6-11-9(8)12-3/h4-7,10H,1-3H3. The van der Waals surface area contributed by atoms with E-state index in [-0.39, 0.29) is 0 Å². The summed E-state index contributed by atoms with van der Waals surface area (Å²) in [6.45, 7) is 2.14. The van der Waals surface area contributed by atoms with E-state index in [4.69, 9.17) is 0 Å². The molecular formula is C9H14N2S. The molecule has 3 heteroatoms. The van der Waals surface area contributed by atoms with Crippen LogP contribution in [-0.4, -0.2) is 18.3 Å². The number of thioether (sulfide) groups is 1. The summed E-state index contributed by atoms with van der Waals surface area (Å²) >= 11 is 1.69. The quantitative estimate of drug-likeness (QED) is 0.724. The maximum atomic E-state index is 4.29. The lowest BCUT2D eigenvalue weighted by molar-refractivity contribution is 0.634. The fourth-order valence-electron chi connectivity index (χ4n) is 1.06. The summed E-state index contributed by atoms with van der Waals surface area (Å²) < 4.78 is 0. The minimum atomic E-state index is 0.376. The van der Waals surface area contributed by atoms with Crippen LogP contribution in [0.1, 0.15) is 18.5 Å². The molecule has 1 aromatic rings. The normalized spacial score (nSPS) is 12.9. The van der Waals surface area contributed by atoms with E-state index >= 15 is 0 Å². The van der Waals surface area contributed by atoms with E-state index in [1.165, 1.54) is 5.56 Å². The summed E-state index contributed by atoms with van der Waals surface area (Å²) in [5.74, 6) is 0. The summed E-state index contributed by atoms with van der Waals surface area (Å²) in [7, 11) is 1.96. The molecule has 12 heavy (non-hydrogen) atoms. The van der Waals surface area contributed by atoms with E-state index in [0.29, 0.717) is 6.04 Å². The van der Waals surface area contributed by atoms with E-state index in [9.17, 15) is 0 Å². The van der Waals surface area contributed by atoms with Crippen molar-refractivity contribution in [2.45, 2.75) is 18.0 Å². The molecule has 1 aromatic heterocycles. The number of pyridine rings is 1. The summed E-state index contributed by atoms with van der Waals surface area (Å²) in [4.78, 5) is 4.29. The molecule has 1 atom stereocenters. The highest BCUT2D eigenvalue weighted by Crippen LogP contribution is 2.22. The molecule has 0 saturated carbocycles. The Morgan fingerprint density at radius 1 is 1.58 bits per heavy atom. The van der Waals surface area contributed by atoms with Gasteiger partial charge in [-0.1, -0.05) is 6.07 Å². The zero-order valence-corrected chi connectivity index (χ0v) is 8.48. The van der Waals surface area contributed by atoms with Crippen molar-refractivity contribution in [2.24, 2.45) is 0 Å². The van der Waals surface area contributed by atoms with Gasteiger partial charge in [0.15, 0.2) is 0 Å². The Kier molecular flexibility index (Phi) is 3.56. The van der Waals surface area contributed by atoms with E-state index in [0.717, 1.165) is 5.03 Å². The Bertz CT molecular complexity index is 250. The molecule has 0 saturated heterocycles. The molecule has 1 unspecified atom stereocenters. The maximum Gasteiger partial charge on any atom is 0.100 e. The second-order valence-electron chi connectivity index (χ2n) is 2.61. The molecule has 0 aliphatic rings. The average molecular weight is 182 g/mol. The molecule has 0 bridgehead atoms. The first-order chi connectivity index (χ1) is 5.79. The molecule has 1 N–H and O–H groups in total. The van der Waals surface area contributed by atoms with Crippen molar-refractivity contribution >= 4 is 11.8 Å². The van der Waals surface area contributed by atoms with Crippen molar-refractivity contribution in [3.63, 3.8) is 0 Å². The summed E-state index contributed by atoms with van der Waals surface area (Å²) in [5, 5.41) is 4.31. The second kappa shape index (κ2) is 4.48. The largest absolute Gasteiger partial charge is 0.313 e. The molecule has 1 rings (SSSR count). The van der Waals surface area contributed by atoms with Crippen molar-refractivity contribution in [1.29, 1.82) is 0 Å². The Morgan fingerprint density at radius 3 is 2.92 bits per heavy atom. The topological polar surface area (TPSA) is 24.9 Å². The highest BCUT2D eigenvalue weighted by atomic mass is 32.2. The van der Waals surface area contributed by atoms with Crippen LogP contribution in [0.2, 0.25) is 0 Å². The number of rotatable bonds is 3. The number of hydrogen-bond acceptors (Lipinski definition) is 3. The highest BCUT2D eigenvalue weighted by Gasteiger charge is 2.07. The molecule has 66 valence electrons. The van der Waals surface area contributed by atoms with Gasteiger partial charge in [-0.25, -0.2) is 4.98 Å². The lowest BCUT2D eigenvalue weighted by atomic mass is 10.1. The zero-order valence-electron chi connectivity index (χ0n) is 7.66. The molecule has 2 nitrogen and oxygen atoms in total. The van der Waals surface area contributed by atoms with E-state index < -0.39 is 0 Å². The minimum absolute atomic E-state index is 0.376. The lowest BCUT2D eigenvalue weighted by Crippen LogP contribution is -2.13. The Morgan fingerprint density at radius 2 is 2.33 bits per heavy atom. The first-order valence-electron chi connectivity index (χ1n) is 3.95. The third-order valence-electron chi connectivity index (χ3n) is 1.89. The maximum absolute atomic E-state index is 4.29. The highest BCUT2D eigenvalue weighted by molar-refractivity contribution is 7.98. The fraction of sp³-hybridized carbons (Fsp3) is 0.444. The van der Waals surface area contributed by atoms with Crippen molar-refractivity contribution in [3.05, 3.63) is 23.9 Å². The van der Waals surface area contributed by atoms with Gasteiger partial charge in [-0.05, 0) is 26.3 Å². The van der Waals surface area contributed by atoms with Crippen LogP contribution in [0.15, 0.2) is 23.4 Å². The van der Waals surface area contributed by atoms with Gasteiger partial charge >= 0.3 is 0 Å². The second-order valence-corrected chi connectivity index (χ2v) is 3.41. The van der Waals surface area contributed by atoms with Gasteiger partial charge in [0, 0.05) is 17.8 Å². The van der Waals surface area contributed by atoms with Crippen LogP contribution in [0.4, 0.5) is 0 Å². The SMILES string of the molecule is CNC(C)c1cccnc1SC. The number of hydrogen-bond donors (Lipinski definition) is 1. The zero-order chi connectivity index (χ0) is 8.97. The number of nitrogens with one attached hydrogen (secondary N) is 1. The molecule has 0 fully saturated rings. The van der Waals surface area contributed by atoms with Crippen LogP contribution in [-0.2, 0) is 0 Å². The van der Waals surface area contributed by atoms with E-state index in [2.05, 4.69) is 23.3 Å². The predicted molar refractivity (Wildman–Crippen MR) is 53.5 cm³/mol. The third-order valence-corrected chi connectivity index (χ3v) is 2.62. The first kappa shape index (κ1) is 9.55. The summed E-state index contributed by atoms with van der Waals surface area (Å²) in [6.07, 6.45) is 3.88. The van der Waals surface area contributed by atoms with Crippen molar-refractivity contribution in [3.8, 4) is 0 Å². The Labute approximate surface area is 77.8 Å². The van der Waals surface area contributed by atoms with Crippen molar-refractivity contribution < 1.29 is 0 Å². The van der Waals surface area contributed by atoms with E-state index in [1.807, 2.05) is 25.6 Å². The smallest absolute Gasteiger partial charge is 0.100 e. The van der Waals surface area contributed by atoms with Gasteiger partial charge in [0.1, 0.15) is 5.03 Å². The monoisotopic (exact) mass is 182 g/mol. The van der Waals surface area contributed by atoms with E-state index in [1.54, 1.807) is 11.8 Å².